The van der Waals surface area contributed by atoms with Gasteiger partial charge in [0.1, 0.15) is 6.04 Å². The molecule has 5 rings (SSSR count). The number of benzene rings is 1. The molecule has 2 amide bonds. The van der Waals surface area contributed by atoms with Gasteiger partial charge in [0.2, 0.25) is 5.91 Å². The van der Waals surface area contributed by atoms with Crippen LogP contribution < -0.4 is 26.1 Å². The van der Waals surface area contributed by atoms with Gasteiger partial charge in [-0.05, 0) is 80.4 Å². The smallest absolute Gasteiger partial charge is 0.481 e. The Morgan fingerprint density at radius 3 is 2.59 bits per heavy atom. The average molecular weight is 619 g/mol. The number of hydrazine groups is 1. The molecule has 15 heteroatoms. The highest BCUT2D eigenvalue weighted by Crippen LogP contribution is 2.65. The van der Waals surface area contributed by atoms with Crippen molar-refractivity contribution in [2.24, 2.45) is 23.2 Å². The predicted octanol–water partition coefficient (Wildman–Crippen LogP) is 2.82. The summed E-state index contributed by atoms with van der Waals surface area (Å²) < 4.78 is 32.4. The molecule has 44 heavy (non-hydrogen) atoms. The number of halogens is 1. The van der Waals surface area contributed by atoms with Crippen molar-refractivity contribution < 1.29 is 33.1 Å². The van der Waals surface area contributed by atoms with Crippen molar-refractivity contribution in [1.82, 2.24) is 21.4 Å². The van der Waals surface area contributed by atoms with Crippen LogP contribution in [0.2, 0.25) is 0 Å². The quantitative estimate of drug-likeness (QED) is 0.0556. The molecule has 5 N–H and O–H groups in total. The van der Waals surface area contributed by atoms with E-state index >= 15 is 0 Å². The molecular formula is C29H44BFN6O7. The Bertz CT molecular complexity index is 1270. The number of carbonyl (C=O) groups excluding carboxylic acids is 2. The van der Waals surface area contributed by atoms with Gasteiger partial charge in [0, 0.05) is 12.1 Å². The molecule has 4 fully saturated rings. The largest absolute Gasteiger partial charge is 0.494 e. The van der Waals surface area contributed by atoms with Gasteiger partial charge in [-0.25, -0.2) is 14.5 Å². The van der Waals surface area contributed by atoms with E-state index < -0.39 is 53.3 Å². The Hall–Kier alpha value is -3.46. The number of rotatable bonds is 13. The number of methoxy groups -OCH3 is 1. The van der Waals surface area contributed by atoms with Crippen molar-refractivity contribution >= 4 is 24.9 Å². The topological polar surface area (TPSA) is 177 Å². The molecule has 13 nitrogen and oxygen atoms in total. The van der Waals surface area contributed by atoms with Gasteiger partial charge in [0.25, 0.3) is 11.9 Å². The van der Waals surface area contributed by atoms with E-state index in [-0.39, 0.29) is 48.1 Å². The maximum atomic E-state index is 14.3. The normalized spacial score (nSPS) is 26.1. The highest BCUT2D eigenvalue weighted by Gasteiger charge is 2.68. The zero-order valence-electron chi connectivity index (χ0n) is 26.2. The van der Waals surface area contributed by atoms with Crippen molar-refractivity contribution in [1.29, 1.82) is 5.41 Å². The second-order valence-corrected chi connectivity index (χ2v) is 13.3. The summed E-state index contributed by atoms with van der Waals surface area (Å²) in [5.74, 6) is -1.72. The molecule has 0 unspecified atom stereocenters. The van der Waals surface area contributed by atoms with Gasteiger partial charge < -0.3 is 30.0 Å². The lowest BCUT2D eigenvalue weighted by Gasteiger charge is -2.64. The number of hydrogen-bond acceptors (Lipinski definition) is 8. The Kier molecular flexibility index (Phi) is 10.1. The predicted molar refractivity (Wildman–Crippen MR) is 161 cm³/mol. The van der Waals surface area contributed by atoms with Gasteiger partial charge in [-0.15, -0.1) is 0 Å². The molecule has 6 atom stereocenters. The molecule has 1 heterocycles. The Morgan fingerprint density at radius 2 is 1.98 bits per heavy atom. The minimum absolute atomic E-state index is 0.0102. The number of nitro groups is 1. The number of ether oxygens (including phenoxy) is 1. The maximum absolute atomic E-state index is 14.3. The van der Waals surface area contributed by atoms with Crippen molar-refractivity contribution in [3.63, 3.8) is 0 Å². The fourth-order valence-electron chi connectivity index (χ4n) is 7.07. The van der Waals surface area contributed by atoms with Crippen molar-refractivity contribution in [3.05, 3.63) is 39.7 Å². The zero-order valence-corrected chi connectivity index (χ0v) is 26.2. The molecule has 0 spiro atoms. The van der Waals surface area contributed by atoms with Crippen LogP contribution in [-0.2, 0) is 14.1 Å². The molecule has 1 saturated heterocycles. The first kappa shape index (κ1) is 33.4. The highest BCUT2D eigenvalue weighted by molar-refractivity contribution is 6.48. The molecule has 1 aromatic rings. The minimum atomic E-state index is -1.03. The van der Waals surface area contributed by atoms with E-state index in [9.17, 15) is 24.1 Å². The summed E-state index contributed by atoms with van der Waals surface area (Å²) in [4.78, 5) is 37.5. The number of amides is 2. The molecule has 4 aliphatic rings. The van der Waals surface area contributed by atoms with E-state index in [2.05, 4.69) is 36.7 Å². The summed E-state index contributed by atoms with van der Waals surface area (Å²) in [6, 6.07) is 2.73. The average Bonchev–Trinajstić information content (AvgIpc) is 3.30. The molecule has 0 aromatic heterocycles. The summed E-state index contributed by atoms with van der Waals surface area (Å²) >= 11 is 0. The second kappa shape index (κ2) is 13.3. The first-order valence-corrected chi connectivity index (χ1v) is 15.2. The van der Waals surface area contributed by atoms with Crippen LogP contribution in [-0.4, -0.2) is 67.3 Å². The monoisotopic (exact) mass is 618 g/mol. The molecule has 1 aromatic carbocycles. The number of hydrogen-bond donors (Lipinski definition) is 5. The van der Waals surface area contributed by atoms with Crippen LogP contribution >= 0.6 is 0 Å². The van der Waals surface area contributed by atoms with Crippen molar-refractivity contribution in [2.45, 2.75) is 90.4 Å². The lowest BCUT2D eigenvalue weighted by molar-refractivity contribution is -0.525. The molecule has 2 bridgehead atoms. The maximum Gasteiger partial charge on any atom is 0.481 e. The number of nitrogens with zero attached hydrogens (tertiary/aromatic N) is 1. The minimum Gasteiger partial charge on any atom is -0.494 e. The van der Waals surface area contributed by atoms with Crippen LogP contribution in [0.25, 0.3) is 0 Å². The fourth-order valence-corrected chi connectivity index (χ4v) is 7.07. The van der Waals surface area contributed by atoms with Crippen molar-refractivity contribution in [3.8, 4) is 5.75 Å². The Balaban J connectivity index is 1.47. The first-order chi connectivity index (χ1) is 20.6. The van der Waals surface area contributed by atoms with Gasteiger partial charge >= 0.3 is 7.12 Å². The second-order valence-electron chi connectivity index (χ2n) is 13.3. The molecule has 3 saturated carbocycles. The summed E-state index contributed by atoms with van der Waals surface area (Å²) in [7, 11) is 0.659. The van der Waals surface area contributed by atoms with E-state index in [0.29, 0.717) is 18.3 Å². The lowest BCUT2D eigenvalue weighted by atomic mass is 9.43. The van der Waals surface area contributed by atoms with Crippen LogP contribution in [0.5, 0.6) is 5.75 Å². The van der Waals surface area contributed by atoms with Crippen molar-refractivity contribution in [2.75, 3.05) is 13.7 Å². The standard InChI is InChI=1S/C29H44BFN6O7/c1-16(2)12-24(30-43-23-15-18-14-22(28(18,3)4)29(23,5)44-30)35-26(39)20(8-7-11-33-27(32)36-37(40)41)34-25(38)17-9-10-21(42-6)19(31)13-17/h9-10,13,16,18,20,22-24H,7-8,11-12,14-15H2,1-6H3,(H,34,38)(H,35,39)(H3,32,33,36)/t18-,20-,22-,23+,24-,29-/m0/s1. The summed E-state index contributed by atoms with van der Waals surface area (Å²) in [6.45, 7) is 10.9. The third kappa shape index (κ3) is 7.09. The summed E-state index contributed by atoms with van der Waals surface area (Å²) in [5, 5.41) is 25.6. The van der Waals surface area contributed by atoms with E-state index in [4.69, 9.17) is 19.5 Å². The van der Waals surface area contributed by atoms with Gasteiger partial charge in [0.15, 0.2) is 16.6 Å². The molecular weight excluding hydrogens is 574 g/mol. The lowest BCUT2D eigenvalue weighted by Crippen LogP contribution is -2.65. The third-order valence-electron chi connectivity index (χ3n) is 9.56. The van der Waals surface area contributed by atoms with Crippen LogP contribution in [0.1, 0.15) is 77.1 Å². The van der Waals surface area contributed by atoms with Gasteiger partial charge in [-0.1, -0.05) is 33.1 Å². The summed E-state index contributed by atoms with van der Waals surface area (Å²) in [5.41, 5.74) is 1.42. The van der Waals surface area contributed by atoms with E-state index in [1.165, 1.54) is 19.2 Å². The van der Waals surface area contributed by atoms with Crippen LogP contribution in [0.3, 0.4) is 0 Å². The number of nitrogens with one attached hydrogen (secondary N) is 5. The van der Waals surface area contributed by atoms with Crippen LogP contribution in [0.4, 0.5) is 4.39 Å². The number of carbonyl (C=O) groups is 2. The van der Waals surface area contributed by atoms with Gasteiger partial charge in [-0.3, -0.25) is 15.0 Å². The fraction of sp³-hybridized carbons (Fsp3) is 0.690. The van der Waals surface area contributed by atoms with Crippen LogP contribution in [0, 0.1) is 44.5 Å². The summed E-state index contributed by atoms with van der Waals surface area (Å²) in [6.07, 6.45) is 2.93. The molecule has 3 aliphatic carbocycles. The zero-order chi connectivity index (χ0) is 32.4. The third-order valence-corrected chi connectivity index (χ3v) is 9.56. The Labute approximate surface area is 257 Å². The van der Waals surface area contributed by atoms with Gasteiger partial charge in [-0.2, -0.15) is 0 Å². The van der Waals surface area contributed by atoms with E-state index in [1.807, 2.05) is 13.8 Å². The molecule has 0 radical (unpaired) electrons. The van der Waals surface area contributed by atoms with Crippen LogP contribution in [0.15, 0.2) is 18.2 Å². The SMILES string of the molecule is COc1ccc(C(=O)N[C@@H](CCCNC(=N)N[N+](=O)[O-])C(=O)N[C@@H](CC(C)C)B2O[C@@H]3C[C@@H]4C[C@@H](C4(C)C)[C@]3(C)O2)cc1F. The number of guanidine groups is 1. The first-order valence-electron chi connectivity index (χ1n) is 15.2. The van der Waals surface area contributed by atoms with Gasteiger partial charge in [0.05, 0.1) is 24.8 Å². The Morgan fingerprint density at radius 1 is 1.25 bits per heavy atom. The molecule has 242 valence electrons. The van der Waals surface area contributed by atoms with E-state index in [0.717, 1.165) is 18.9 Å². The highest BCUT2D eigenvalue weighted by atomic mass is 19.1. The van der Waals surface area contributed by atoms with E-state index in [1.54, 1.807) is 5.43 Å². The molecule has 1 aliphatic heterocycles.